The Bertz CT molecular complexity index is 453. The number of hydrogen-bond donors (Lipinski definition) is 2. The molecule has 1 aliphatic rings. The number of alkyl carbamates (subject to hydrolysis) is 1. The maximum absolute atomic E-state index is 12.2. The van der Waals surface area contributed by atoms with Gasteiger partial charge in [-0.15, -0.1) is 6.58 Å². The van der Waals surface area contributed by atoms with E-state index in [0.717, 1.165) is 6.42 Å². The summed E-state index contributed by atoms with van der Waals surface area (Å²) < 4.78 is 10.6. The normalized spacial score (nSPS) is 17.5. The number of nitrogens with zero attached hydrogens (tertiary/aromatic N) is 1. The molecule has 1 saturated heterocycles. The molecular weight excluding hydrogens is 334 g/mol. The van der Waals surface area contributed by atoms with Gasteiger partial charge in [0.2, 0.25) is 0 Å². The first-order valence-electron chi connectivity index (χ1n) is 9.17. The fourth-order valence-electron chi connectivity index (χ4n) is 2.02. The Balaban J connectivity index is 0.00000141. The summed E-state index contributed by atoms with van der Waals surface area (Å²) in [6, 6.07) is -0.156. The molecule has 0 radical (unpaired) electrons. The summed E-state index contributed by atoms with van der Waals surface area (Å²) in [6.07, 6.45) is 2.12. The molecule has 7 nitrogen and oxygen atoms in total. The van der Waals surface area contributed by atoms with Crippen LogP contribution < -0.4 is 10.6 Å². The van der Waals surface area contributed by atoms with Crippen molar-refractivity contribution < 1.29 is 19.1 Å². The molecule has 0 aliphatic carbocycles. The molecule has 2 N–H and O–H groups in total. The van der Waals surface area contributed by atoms with Crippen LogP contribution in [0.5, 0.6) is 0 Å². The molecule has 1 heterocycles. The smallest absolute Gasteiger partial charge is 0.410 e. The molecule has 0 spiro atoms. The third kappa shape index (κ3) is 11.7. The Morgan fingerprint density at radius 2 is 1.73 bits per heavy atom. The van der Waals surface area contributed by atoms with E-state index in [1.54, 1.807) is 4.90 Å². The van der Waals surface area contributed by atoms with E-state index in [1.807, 2.05) is 47.6 Å². The summed E-state index contributed by atoms with van der Waals surface area (Å²) in [5.74, 6) is 0. The first-order chi connectivity index (χ1) is 11.9. The Labute approximate surface area is 158 Å². The van der Waals surface area contributed by atoms with Gasteiger partial charge in [0.05, 0.1) is 6.04 Å². The number of piperazine rings is 1. The van der Waals surface area contributed by atoms with Crippen LogP contribution in [0.15, 0.2) is 12.7 Å². The maximum Gasteiger partial charge on any atom is 0.410 e. The fourth-order valence-corrected chi connectivity index (χ4v) is 2.02. The predicted molar refractivity (Wildman–Crippen MR) is 104 cm³/mol. The zero-order chi connectivity index (χ0) is 20.4. The Kier molecular flexibility index (Phi) is 10.3. The molecule has 7 heteroatoms. The van der Waals surface area contributed by atoms with Crippen LogP contribution in [0.2, 0.25) is 0 Å². The van der Waals surface area contributed by atoms with Gasteiger partial charge in [-0.25, -0.2) is 9.59 Å². The van der Waals surface area contributed by atoms with E-state index < -0.39 is 17.3 Å². The van der Waals surface area contributed by atoms with Crippen molar-refractivity contribution in [2.75, 3.05) is 26.2 Å². The highest BCUT2D eigenvalue weighted by atomic mass is 16.6. The number of nitrogens with one attached hydrogen (secondary N) is 2. The minimum absolute atomic E-state index is 0.156. The monoisotopic (exact) mass is 371 g/mol. The van der Waals surface area contributed by atoms with E-state index in [0.29, 0.717) is 26.2 Å². The Morgan fingerprint density at radius 3 is 2.19 bits per heavy atom. The molecule has 0 aromatic heterocycles. The predicted octanol–water partition coefficient (Wildman–Crippen LogP) is 3.30. The SMILES string of the molecule is C=CCC.CC(C)(C)OC(=O)NC[C@@H]1CNCCN1C(=O)OC(C)(C)C. The maximum atomic E-state index is 12.2. The van der Waals surface area contributed by atoms with Crippen molar-refractivity contribution in [1.29, 1.82) is 0 Å². The lowest BCUT2D eigenvalue weighted by Gasteiger charge is -2.37. The van der Waals surface area contributed by atoms with E-state index in [9.17, 15) is 9.59 Å². The van der Waals surface area contributed by atoms with Gasteiger partial charge in [-0.2, -0.15) is 0 Å². The largest absolute Gasteiger partial charge is 0.444 e. The number of rotatable bonds is 3. The van der Waals surface area contributed by atoms with Crippen molar-refractivity contribution in [3.05, 3.63) is 12.7 Å². The first kappa shape index (κ1) is 24.2. The fraction of sp³-hybridized carbons (Fsp3) is 0.789. The van der Waals surface area contributed by atoms with E-state index in [-0.39, 0.29) is 12.1 Å². The summed E-state index contributed by atoms with van der Waals surface area (Å²) in [7, 11) is 0. The second-order valence-corrected chi connectivity index (χ2v) is 8.11. The van der Waals surface area contributed by atoms with Gasteiger partial charge >= 0.3 is 12.2 Å². The van der Waals surface area contributed by atoms with E-state index in [2.05, 4.69) is 24.1 Å². The highest BCUT2D eigenvalue weighted by Crippen LogP contribution is 2.13. The summed E-state index contributed by atoms with van der Waals surface area (Å²) in [6.45, 7) is 18.7. The highest BCUT2D eigenvalue weighted by Gasteiger charge is 2.31. The summed E-state index contributed by atoms with van der Waals surface area (Å²) in [4.78, 5) is 25.6. The molecule has 0 aromatic rings. The average Bonchev–Trinajstić information content (AvgIpc) is 2.50. The van der Waals surface area contributed by atoms with Gasteiger partial charge in [-0.3, -0.25) is 0 Å². The second-order valence-electron chi connectivity index (χ2n) is 8.11. The van der Waals surface area contributed by atoms with Gasteiger partial charge in [0.25, 0.3) is 0 Å². The van der Waals surface area contributed by atoms with E-state index in [1.165, 1.54) is 0 Å². The van der Waals surface area contributed by atoms with Crippen LogP contribution in [0.25, 0.3) is 0 Å². The average molecular weight is 372 g/mol. The summed E-state index contributed by atoms with van der Waals surface area (Å²) >= 11 is 0. The van der Waals surface area contributed by atoms with Crippen LogP contribution in [0.3, 0.4) is 0 Å². The molecule has 0 saturated carbocycles. The van der Waals surface area contributed by atoms with E-state index in [4.69, 9.17) is 9.47 Å². The van der Waals surface area contributed by atoms with Crippen LogP contribution in [-0.4, -0.2) is 60.5 Å². The second kappa shape index (κ2) is 11.1. The Morgan fingerprint density at radius 1 is 1.19 bits per heavy atom. The lowest BCUT2D eigenvalue weighted by atomic mass is 10.2. The van der Waals surface area contributed by atoms with Crippen molar-refractivity contribution in [2.45, 2.75) is 72.1 Å². The van der Waals surface area contributed by atoms with Crippen molar-refractivity contribution >= 4 is 12.2 Å². The van der Waals surface area contributed by atoms with Gasteiger partial charge in [-0.05, 0) is 48.0 Å². The lowest BCUT2D eigenvalue weighted by molar-refractivity contribution is 0.0107. The standard InChI is InChI=1S/C15H29N3O4.C4H8/c1-14(2,3)21-12(19)17-10-11-9-16-7-8-18(11)13(20)22-15(4,5)6;1-3-4-2/h11,16H,7-10H2,1-6H3,(H,17,19);3H,1,4H2,2H3/t11-;/m0./s1. The van der Waals surface area contributed by atoms with Crippen molar-refractivity contribution in [1.82, 2.24) is 15.5 Å². The molecule has 26 heavy (non-hydrogen) atoms. The van der Waals surface area contributed by atoms with Crippen LogP contribution in [0.1, 0.15) is 54.9 Å². The highest BCUT2D eigenvalue weighted by molar-refractivity contribution is 5.70. The van der Waals surface area contributed by atoms with Crippen LogP contribution in [-0.2, 0) is 9.47 Å². The summed E-state index contributed by atoms with van der Waals surface area (Å²) in [5.41, 5.74) is -1.08. The third-order valence-corrected chi connectivity index (χ3v) is 3.15. The van der Waals surface area contributed by atoms with Gasteiger partial charge in [-0.1, -0.05) is 13.0 Å². The molecule has 1 rings (SSSR count). The van der Waals surface area contributed by atoms with Gasteiger partial charge in [0.1, 0.15) is 11.2 Å². The number of allylic oxidation sites excluding steroid dienone is 1. The molecule has 0 aromatic carbocycles. The topological polar surface area (TPSA) is 79.9 Å². The summed E-state index contributed by atoms with van der Waals surface area (Å²) in [5, 5.41) is 5.92. The van der Waals surface area contributed by atoms with Gasteiger partial charge in [0.15, 0.2) is 0 Å². The van der Waals surface area contributed by atoms with Crippen LogP contribution in [0.4, 0.5) is 9.59 Å². The molecule has 0 bridgehead atoms. The van der Waals surface area contributed by atoms with Crippen molar-refractivity contribution in [2.24, 2.45) is 0 Å². The minimum atomic E-state index is -0.542. The van der Waals surface area contributed by atoms with Gasteiger partial charge in [0, 0.05) is 26.2 Å². The quantitative estimate of drug-likeness (QED) is 0.744. The minimum Gasteiger partial charge on any atom is -0.444 e. The molecule has 2 amide bonds. The lowest BCUT2D eigenvalue weighted by Crippen LogP contribution is -2.58. The van der Waals surface area contributed by atoms with Crippen LogP contribution >= 0.6 is 0 Å². The molecule has 0 unspecified atom stereocenters. The number of amides is 2. The molecular formula is C19H37N3O4. The van der Waals surface area contributed by atoms with E-state index >= 15 is 0 Å². The molecule has 1 fully saturated rings. The number of ether oxygens (including phenoxy) is 2. The van der Waals surface area contributed by atoms with Gasteiger partial charge < -0.3 is 25.0 Å². The number of hydrogen-bond acceptors (Lipinski definition) is 5. The van der Waals surface area contributed by atoms with Crippen LogP contribution in [0, 0.1) is 0 Å². The zero-order valence-corrected chi connectivity index (χ0v) is 17.5. The number of carbonyl (C=O) groups is 2. The zero-order valence-electron chi connectivity index (χ0n) is 17.5. The molecule has 1 atom stereocenters. The molecule has 152 valence electrons. The van der Waals surface area contributed by atoms with Crippen molar-refractivity contribution in [3.8, 4) is 0 Å². The third-order valence-electron chi connectivity index (χ3n) is 3.15. The van der Waals surface area contributed by atoms with Crippen molar-refractivity contribution in [3.63, 3.8) is 0 Å². The first-order valence-corrected chi connectivity index (χ1v) is 9.17. The Hall–Kier alpha value is -1.76. The number of carbonyl (C=O) groups excluding carboxylic acids is 2. The molecule has 1 aliphatic heterocycles.